The van der Waals surface area contributed by atoms with Crippen LogP contribution in [0.3, 0.4) is 0 Å². The summed E-state index contributed by atoms with van der Waals surface area (Å²) >= 11 is 18.4. The van der Waals surface area contributed by atoms with E-state index in [0.717, 1.165) is 47.4 Å². The van der Waals surface area contributed by atoms with Crippen molar-refractivity contribution in [1.82, 2.24) is 4.98 Å². The third-order valence-electron chi connectivity index (χ3n) is 6.15. The summed E-state index contributed by atoms with van der Waals surface area (Å²) in [4.78, 5) is 9.21. The normalized spacial score (nSPS) is 11.3. The second-order valence-corrected chi connectivity index (χ2v) is 10.5. The first-order valence-electron chi connectivity index (χ1n) is 13.2. The zero-order valence-corrected chi connectivity index (χ0v) is 24.3. The van der Waals surface area contributed by atoms with Crippen LogP contribution in [0.4, 0.5) is 17.1 Å². The predicted molar refractivity (Wildman–Crippen MR) is 173 cm³/mol. The summed E-state index contributed by atoms with van der Waals surface area (Å²) in [5.41, 5.74) is 3.74. The van der Waals surface area contributed by atoms with E-state index >= 15 is 0 Å². The molecule has 208 valence electrons. The molecule has 9 heteroatoms. The number of unbranched alkanes of at least 4 members (excludes halogenated alkanes) is 1. The molecule has 0 bridgehead atoms. The molecule has 0 spiro atoms. The van der Waals surface area contributed by atoms with Gasteiger partial charge in [-0.25, -0.2) is 0 Å². The number of fused-ring (bicyclic) bond motifs is 1. The molecule has 0 amide bonds. The first kappa shape index (κ1) is 28.6. The molecule has 0 unspecified atom stereocenters. The third-order valence-corrected chi connectivity index (χ3v) is 6.93. The number of aliphatic imine (C=N–C) groups is 1. The second-order valence-electron chi connectivity index (χ2n) is 9.20. The highest BCUT2D eigenvalue weighted by atomic mass is 35.5. The molecule has 0 radical (unpaired) electrons. The number of benzene rings is 4. The summed E-state index contributed by atoms with van der Waals surface area (Å²) in [5.74, 6) is 1.81. The molecule has 3 N–H and O–H groups in total. The Morgan fingerprint density at radius 3 is 2.29 bits per heavy atom. The van der Waals surface area contributed by atoms with Crippen molar-refractivity contribution < 1.29 is 4.74 Å². The lowest BCUT2D eigenvalue weighted by Gasteiger charge is -2.14. The highest BCUT2D eigenvalue weighted by Gasteiger charge is 2.07. The number of guanidine groups is 1. The van der Waals surface area contributed by atoms with Gasteiger partial charge in [0.25, 0.3) is 0 Å². The lowest BCUT2D eigenvalue weighted by molar-refractivity contribution is 0.483. The lowest BCUT2D eigenvalue weighted by Crippen LogP contribution is -2.22. The van der Waals surface area contributed by atoms with Gasteiger partial charge in [-0.1, -0.05) is 53.0 Å². The van der Waals surface area contributed by atoms with E-state index in [4.69, 9.17) is 44.5 Å². The van der Waals surface area contributed by atoms with Crippen molar-refractivity contribution in [3.8, 4) is 11.5 Å². The summed E-state index contributed by atoms with van der Waals surface area (Å²) in [6.45, 7) is 1.48. The molecule has 0 atom stereocenters. The van der Waals surface area contributed by atoms with Crippen molar-refractivity contribution in [2.75, 3.05) is 29.0 Å². The number of halogens is 3. The Hall–Kier alpha value is -3.97. The van der Waals surface area contributed by atoms with Crippen LogP contribution in [0.2, 0.25) is 15.1 Å². The van der Waals surface area contributed by atoms with Crippen LogP contribution in [0.15, 0.2) is 108 Å². The number of ether oxygens (including phenoxy) is 1. The summed E-state index contributed by atoms with van der Waals surface area (Å²) < 4.78 is 5.90. The van der Waals surface area contributed by atoms with E-state index in [1.165, 1.54) is 0 Å². The fraction of sp³-hybridized carbons (Fsp3) is 0.125. The van der Waals surface area contributed by atoms with Crippen molar-refractivity contribution in [3.63, 3.8) is 0 Å². The fourth-order valence-electron chi connectivity index (χ4n) is 4.12. The topological polar surface area (TPSA) is 70.6 Å². The molecule has 0 saturated heterocycles. The van der Waals surface area contributed by atoms with Crippen LogP contribution in [-0.4, -0.2) is 24.0 Å². The van der Waals surface area contributed by atoms with Crippen molar-refractivity contribution in [3.05, 3.63) is 118 Å². The van der Waals surface area contributed by atoms with Gasteiger partial charge in [-0.05, 0) is 85.6 Å². The average molecular weight is 605 g/mol. The van der Waals surface area contributed by atoms with Gasteiger partial charge < -0.3 is 20.7 Å². The number of hydrogen-bond acceptors (Lipinski definition) is 4. The molecule has 6 nitrogen and oxygen atoms in total. The van der Waals surface area contributed by atoms with Crippen molar-refractivity contribution in [1.29, 1.82) is 0 Å². The van der Waals surface area contributed by atoms with Gasteiger partial charge in [0.15, 0.2) is 5.96 Å². The number of anilines is 3. The Morgan fingerprint density at radius 2 is 1.49 bits per heavy atom. The minimum atomic E-state index is 0.493. The van der Waals surface area contributed by atoms with Gasteiger partial charge in [0.2, 0.25) is 0 Å². The molecule has 5 aromatic rings. The molecular weight excluding hydrogens is 577 g/mol. The zero-order chi connectivity index (χ0) is 28.4. The third kappa shape index (κ3) is 8.27. The van der Waals surface area contributed by atoms with Gasteiger partial charge in [0, 0.05) is 57.8 Å². The van der Waals surface area contributed by atoms with Gasteiger partial charge in [0.1, 0.15) is 11.5 Å². The number of rotatable bonds is 10. The molecular formula is C32H28Cl3N5O. The van der Waals surface area contributed by atoms with Crippen LogP contribution in [0.25, 0.3) is 10.9 Å². The summed E-state index contributed by atoms with van der Waals surface area (Å²) in [5, 5.41) is 13.1. The first-order valence-corrected chi connectivity index (χ1v) is 14.3. The molecule has 1 heterocycles. The predicted octanol–water partition coefficient (Wildman–Crippen LogP) is 9.76. The minimum absolute atomic E-state index is 0.493. The van der Waals surface area contributed by atoms with Crippen LogP contribution >= 0.6 is 34.8 Å². The van der Waals surface area contributed by atoms with Crippen molar-refractivity contribution in [2.45, 2.75) is 12.8 Å². The standard InChI is InChI=1S/C32H28Cl3N5O/c33-22-8-14-27-29(16-19-37-30(27)20-22)36-17-4-5-18-38-32(39-24-6-2-1-3-7-24)40-25-10-12-26(13-11-25)41-31-21-23(34)9-15-28(31)35/h1-3,6-16,19-21H,4-5,17-18H2,(H,36,37)(H2,38,39,40). The van der Waals surface area contributed by atoms with E-state index in [2.05, 4.69) is 20.9 Å². The Bertz CT molecular complexity index is 1630. The van der Waals surface area contributed by atoms with E-state index in [1.54, 1.807) is 24.4 Å². The van der Waals surface area contributed by atoms with E-state index < -0.39 is 0 Å². The fourth-order valence-corrected chi connectivity index (χ4v) is 4.60. The van der Waals surface area contributed by atoms with Gasteiger partial charge in [-0.3, -0.25) is 9.98 Å². The maximum absolute atomic E-state index is 6.23. The van der Waals surface area contributed by atoms with Crippen LogP contribution in [0.1, 0.15) is 12.8 Å². The molecule has 4 aromatic carbocycles. The highest BCUT2D eigenvalue weighted by molar-refractivity contribution is 6.34. The molecule has 0 aliphatic heterocycles. The Kier molecular flexibility index (Phi) is 9.81. The second kappa shape index (κ2) is 14.1. The maximum atomic E-state index is 6.23. The maximum Gasteiger partial charge on any atom is 0.200 e. The average Bonchev–Trinajstić information content (AvgIpc) is 2.98. The number of para-hydroxylation sites is 1. The van der Waals surface area contributed by atoms with Crippen LogP contribution in [0, 0.1) is 0 Å². The monoisotopic (exact) mass is 603 g/mol. The number of aromatic nitrogens is 1. The zero-order valence-electron chi connectivity index (χ0n) is 22.1. The Balaban J connectivity index is 1.18. The summed E-state index contributed by atoms with van der Waals surface area (Å²) in [7, 11) is 0. The summed E-state index contributed by atoms with van der Waals surface area (Å²) in [6, 6.07) is 30.4. The van der Waals surface area contributed by atoms with E-state index in [9.17, 15) is 0 Å². The Labute approximate surface area is 254 Å². The molecule has 5 rings (SSSR count). The molecule has 0 fully saturated rings. The van der Waals surface area contributed by atoms with E-state index in [0.29, 0.717) is 39.1 Å². The van der Waals surface area contributed by atoms with Gasteiger partial charge in [0.05, 0.1) is 10.5 Å². The van der Waals surface area contributed by atoms with E-state index in [-0.39, 0.29) is 0 Å². The van der Waals surface area contributed by atoms with Crippen LogP contribution in [0.5, 0.6) is 11.5 Å². The quantitative estimate of drug-likeness (QED) is 0.0841. The van der Waals surface area contributed by atoms with Gasteiger partial charge in [-0.15, -0.1) is 0 Å². The minimum Gasteiger partial charge on any atom is -0.456 e. The number of nitrogens with one attached hydrogen (secondary N) is 3. The van der Waals surface area contributed by atoms with Crippen LogP contribution in [-0.2, 0) is 0 Å². The summed E-state index contributed by atoms with van der Waals surface area (Å²) in [6.07, 6.45) is 3.66. The van der Waals surface area contributed by atoms with Crippen molar-refractivity contribution >= 4 is 68.7 Å². The smallest absolute Gasteiger partial charge is 0.200 e. The molecule has 41 heavy (non-hydrogen) atoms. The first-order chi connectivity index (χ1) is 20.0. The Morgan fingerprint density at radius 1 is 0.756 bits per heavy atom. The largest absolute Gasteiger partial charge is 0.456 e. The number of nitrogens with zero attached hydrogens (tertiary/aromatic N) is 2. The van der Waals surface area contributed by atoms with Gasteiger partial charge >= 0.3 is 0 Å². The number of hydrogen-bond donors (Lipinski definition) is 3. The molecule has 0 aliphatic carbocycles. The van der Waals surface area contributed by atoms with Crippen LogP contribution < -0.4 is 20.7 Å². The lowest BCUT2D eigenvalue weighted by atomic mass is 10.2. The SMILES string of the molecule is Clc1ccc(Cl)c(Oc2ccc(NC(=NCCCCNc3ccnc4cc(Cl)ccc34)Nc3ccccc3)cc2)c1. The molecule has 0 aliphatic rings. The van der Waals surface area contributed by atoms with E-state index in [1.807, 2.05) is 78.9 Å². The molecule has 1 aromatic heterocycles. The highest BCUT2D eigenvalue weighted by Crippen LogP contribution is 2.32. The van der Waals surface area contributed by atoms with Gasteiger partial charge in [-0.2, -0.15) is 0 Å². The van der Waals surface area contributed by atoms with Crippen molar-refractivity contribution in [2.24, 2.45) is 4.99 Å². The molecule has 0 saturated carbocycles. The number of pyridine rings is 1.